The Bertz CT molecular complexity index is 610. The predicted octanol–water partition coefficient (Wildman–Crippen LogP) is 3.25. The second-order valence-electron chi connectivity index (χ2n) is 4.60. The lowest BCUT2D eigenvalue weighted by molar-refractivity contribution is -0.114. The molecule has 19 heavy (non-hydrogen) atoms. The average Bonchev–Trinajstić information content (AvgIpc) is 2.84. The molecular formula is C13H14ClN3OS. The number of hydrogen-bond acceptors (Lipinski definition) is 4. The van der Waals surface area contributed by atoms with Crippen LogP contribution in [-0.2, 0) is 10.3 Å². The van der Waals surface area contributed by atoms with Crippen molar-refractivity contribution in [1.82, 2.24) is 14.8 Å². The molecule has 2 rings (SSSR count). The molecule has 100 valence electrons. The summed E-state index contributed by atoms with van der Waals surface area (Å²) in [5.74, 6) is 0. The van der Waals surface area contributed by atoms with Gasteiger partial charge in [-0.25, -0.2) is 0 Å². The first-order valence-corrected chi connectivity index (χ1v) is 7.31. The van der Waals surface area contributed by atoms with Crippen LogP contribution >= 0.6 is 23.4 Å². The van der Waals surface area contributed by atoms with Crippen molar-refractivity contribution in [1.29, 1.82) is 0 Å². The second-order valence-corrected chi connectivity index (χ2v) is 5.85. The number of carbonyl (C=O) groups excluding carboxylic acids is 1. The Kier molecular flexibility index (Phi) is 3.96. The summed E-state index contributed by atoms with van der Waals surface area (Å²) in [6, 6.07) is 3.55. The van der Waals surface area contributed by atoms with Crippen molar-refractivity contribution < 1.29 is 4.79 Å². The van der Waals surface area contributed by atoms with Crippen molar-refractivity contribution in [2.45, 2.75) is 24.3 Å². The molecule has 0 amide bonds. The van der Waals surface area contributed by atoms with Crippen LogP contribution in [0.25, 0.3) is 11.4 Å². The maximum atomic E-state index is 11.1. The molecule has 0 aliphatic carbocycles. The number of nitrogens with zero attached hydrogens (tertiary/aromatic N) is 3. The molecule has 0 radical (unpaired) electrons. The fourth-order valence-corrected chi connectivity index (χ4v) is 2.33. The van der Waals surface area contributed by atoms with Crippen LogP contribution in [0.5, 0.6) is 0 Å². The van der Waals surface area contributed by atoms with Crippen LogP contribution in [-0.4, -0.2) is 27.3 Å². The van der Waals surface area contributed by atoms with Gasteiger partial charge in [-0.2, -0.15) is 5.10 Å². The minimum Gasteiger partial charge on any atom is -0.301 e. The van der Waals surface area contributed by atoms with Gasteiger partial charge < -0.3 is 4.79 Å². The van der Waals surface area contributed by atoms with Gasteiger partial charge in [0.15, 0.2) is 0 Å². The van der Waals surface area contributed by atoms with Gasteiger partial charge in [0.2, 0.25) is 0 Å². The van der Waals surface area contributed by atoms with E-state index < -0.39 is 5.54 Å². The minimum absolute atomic E-state index is 0.548. The predicted molar refractivity (Wildman–Crippen MR) is 77.6 cm³/mol. The highest BCUT2D eigenvalue weighted by atomic mass is 35.5. The summed E-state index contributed by atoms with van der Waals surface area (Å²) < 4.78 is 1.65. The summed E-state index contributed by atoms with van der Waals surface area (Å²) in [4.78, 5) is 16.3. The third-order valence-electron chi connectivity index (χ3n) is 2.76. The van der Waals surface area contributed by atoms with Crippen LogP contribution < -0.4 is 0 Å². The Hall–Kier alpha value is -1.33. The fraction of sp³-hybridized carbons (Fsp3) is 0.308. The standard InChI is InChI=1S/C13H14ClN3OS/c1-13(2,8-18)17-7-10(19-3)12(16-17)11-9(14)5-4-6-15-11/h4-8H,1-3H3. The van der Waals surface area contributed by atoms with Crippen LogP contribution in [0.2, 0.25) is 5.02 Å². The molecular weight excluding hydrogens is 282 g/mol. The Labute approximate surface area is 121 Å². The minimum atomic E-state index is -0.690. The lowest BCUT2D eigenvalue weighted by Gasteiger charge is -2.17. The Morgan fingerprint density at radius 2 is 2.16 bits per heavy atom. The molecule has 0 atom stereocenters. The highest BCUT2D eigenvalue weighted by Crippen LogP contribution is 2.33. The van der Waals surface area contributed by atoms with Gasteiger partial charge in [-0.15, -0.1) is 11.8 Å². The maximum Gasteiger partial charge on any atom is 0.147 e. The van der Waals surface area contributed by atoms with E-state index >= 15 is 0 Å². The Morgan fingerprint density at radius 1 is 1.42 bits per heavy atom. The van der Waals surface area contributed by atoms with E-state index in [4.69, 9.17) is 11.6 Å². The summed E-state index contributed by atoms with van der Waals surface area (Å²) in [7, 11) is 0. The first-order chi connectivity index (χ1) is 8.99. The number of rotatable bonds is 4. The van der Waals surface area contributed by atoms with E-state index in [2.05, 4.69) is 10.1 Å². The lowest BCUT2D eigenvalue weighted by atomic mass is 10.1. The quantitative estimate of drug-likeness (QED) is 0.642. The fourth-order valence-electron chi connectivity index (χ4n) is 1.58. The zero-order valence-corrected chi connectivity index (χ0v) is 12.5. The van der Waals surface area contributed by atoms with Crippen molar-refractivity contribution >= 4 is 29.6 Å². The second kappa shape index (κ2) is 5.35. The van der Waals surface area contributed by atoms with Crippen LogP contribution in [0, 0.1) is 0 Å². The van der Waals surface area contributed by atoms with Gasteiger partial charge in [-0.05, 0) is 32.2 Å². The van der Waals surface area contributed by atoms with Crippen molar-refractivity contribution in [3.8, 4) is 11.4 Å². The van der Waals surface area contributed by atoms with Crippen molar-refractivity contribution in [3.63, 3.8) is 0 Å². The molecule has 4 nitrogen and oxygen atoms in total. The highest BCUT2D eigenvalue weighted by molar-refractivity contribution is 7.98. The molecule has 0 saturated carbocycles. The van der Waals surface area contributed by atoms with Crippen LogP contribution in [0.4, 0.5) is 0 Å². The number of pyridine rings is 1. The van der Waals surface area contributed by atoms with E-state index in [9.17, 15) is 4.79 Å². The van der Waals surface area contributed by atoms with Gasteiger partial charge in [0.1, 0.15) is 23.2 Å². The molecule has 0 aliphatic rings. The van der Waals surface area contributed by atoms with E-state index in [1.54, 1.807) is 48.6 Å². The summed E-state index contributed by atoms with van der Waals surface area (Å²) in [5.41, 5.74) is 0.645. The van der Waals surface area contributed by atoms with Gasteiger partial charge in [-0.3, -0.25) is 9.67 Å². The molecule has 0 bridgehead atoms. The number of thioether (sulfide) groups is 1. The summed E-state index contributed by atoms with van der Waals surface area (Å²) in [6.45, 7) is 3.61. The molecule has 2 aromatic heterocycles. The monoisotopic (exact) mass is 295 g/mol. The smallest absolute Gasteiger partial charge is 0.147 e. The van der Waals surface area contributed by atoms with Gasteiger partial charge in [0.25, 0.3) is 0 Å². The summed E-state index contributed by atoms with van der Waals surface area (Å²) in [5, 5.41) is 5.02. The third kappa shape index (κ3) is 2.67. The molecule has 0 aliphatic heterocycles. The topological polar surface area (TPSA) is 47.8 Å². The van der Waals surface area contributed by atoms with Gasteiger partial charge in [-0.1, -0.05) is 11.6 Å². The third-order valence-corrected chi connectivity index (χ3v) is 3.81. The summed E-state index contributed by atoms with van der Waals surface area (Å²) >= 11 is 7.70. The number of hydrogen-bond donors (Lipinski definition) is 0. The number of aromatic nitrogens is 3. The average molecular weight is 296 g/mol. The van der Waals surface area contributed by atoms with Gasteiger partial charge in [0, 0.05) is 12.4 Å². The molecule has 0 unspecified atom stereocenters. The van der Waals surface area contributed by atoms with Crippen molar-refractivity contribution in [2.24, 2.45) is 0 Å². The highest BCUT2D eigenvalue weighted by Gasteiger charge is 2.24. The van der Waals surface area contributed by atoms with Crippen LogP contribution in [0.3, 0.4) is 0 Å². The molecule has 0 saturated heterocycles. The first kappa shape index (κ1) is 14.1. The number of aldehydes is 1. The molecule has 6 heteroatoms. The summed E-state index contributed by atoms with van der Waals surface area (Å²) in [6.07, 6.45) is 6.35. The van der Waals surface area contributed by atoms with E-state index in [1.165, 1.54) is 0 Å². The zero-order valence-electron chi connectivity index (χ0n) is 10.9. The lowest BCUT2D eigenvalue weighted by Crippen LogP contribution is -2.28. The van der Waals surface area contributed by atoms with Crippen LogP contribution in [0.15, 0.2) is 29.4 Å². The van der Waals surface area contributed by atoms with Crippen molar-refractivity contribution in [3.05, 3.63) is 29.5 Å². The van der Waals surface area contributed by atoms with E-state index in [-0.39, 0.29) is 0 Å². The largest absolute Gasteiger partial charge is 0.301 e. The Morgan fingerprint density at radius 3 is 2.74 bits per heavy atom. The maximum absolute atomic E-state index is 11.1. The zero-order chi connectivity index (χ0) is 14.0. The van der Waals surface area contributed by atoms with E-state index in [0.717, 1.165) is 11.2 Å². The molecule has 0 aromatic carbocycles. The van der Waals surface area contributed by atoms with E-state index in [1.807, 2.05) is 12.5 Å². The van der Waals surface area contributed by atoms with Gasteiger partial charge in [0.05, 0.1) is 9.92 Å². The molecule has 0 spiro atoms. The molecule has 2 heterocycles. The SMILES string of the molecule is CSc1cn(C(C)(C)C=O)nc1-c1ncccc1Cl. The van der Waals surface area contributed by atoms with Crippen molar-refractivity contribution in [2.75, 3.05) is 6.26 Å². The molecule has 0 fully saturated rings. The number of carbonyl (C=O) groups is 1. The molecule has 0 N–H and O–H groups in total. The van der Waals surface area contributed by atoms with Crippen LogP contribution in [0.1, 0.15) is 13.8 Å². The first-order valence-electron chi connectivity index (χ1n) is 5.71. The Balaban J connectivity index is 2.59. The van der Waals surface area contributed by atoms with Gasteiger partial charge >= 0.3 is 0 Å². The van der Waals surface area contributed by atoms with E-state index in [0.29, 0.717) is 16.4 Å². The number of halogens is 1. The normalized spacial score (nSPS) is 11.6. The molecule has 2 aromatic rings.